The third kappa shape index (κ3) is 2.66. The zero-order valence-corrected chi connectivity index (χ0v) is 9.90. The molecule has 4 heteroatoms. The van der Waals surface area contributed by atoms with Crippen LogP contribution < -0.4 is 16.2 Å². The number of nitrogens with two attached hydrogens (primary N) is 2. The Kier molecular flexibility index (Phi) is 2.87. The normalized spacial score (nSPS) is 10.2. The number of aromatic nitrogens is 1. The molecule has 0 aliphatic rings. The van der Waals surface area contributed by atoms with Gasteiger partial charge in [-0.2, -0.15) is 4.98 Å². The number of pyridine rings is 1. The summed E-state index contributed by atoms with van der Waals surface area (Å²) >= 11 is 0. The summed E-state index contributed by atoms with van der Waals surface area (Å²) in [6, 6.07) is 9.35. The van der Waals surface area contributed by atoms with Crippen LogP contribution in [0.3, 0.4) is 0 Å². The van der Waals surface area contributed by atoms with E-state index in [9.17, 15) is 0 Å². The second-order valence-electron chi connectivity index (χ2n) is 4.05. The van der Waals surface area contributed by atoms with Crippen LogP contribution in [-0.4, -0.2) is 4.98 Å². The first-order valence-electron chi connectivity index (χ1n) is 5.33. The van der Waals surface area contributed by atoms with E-state index < -0.39 is 0 Å². The fraction of sp³-hybridized carbons (Fsp3) is 0.154. The Hall–Kier alpha value is -2.23. The van der Waals surface area contributed by atoms with Gasteiger partial charge in [0.25, 0.3) is 0 Å². The van der Waals surface area contributed by atoms with Crippen LogP contribution in [0.2, 0.25) is 0 Å². The molecular weight excluding hydrogens is 214 g/mol. The zero-order chi connectivity index (χ0) is 12.4. The second-order valence-corrected chi connectivity index (χ2v) is 4.05. The maximum Gasteiger partial charge on any atom is 0.221 e. The van der Waals surface area contributed by atoms with Gasteiger partial charge in [-0.25, -0.2) is 0 Å². The Morgan fingerprint density at radius 3 is 2.24 bits per heavy atom. The highest BCUT2D eigenvalue weighted by atomic mass is 16.5. The highest BCUT2D eigenvalue weighted by molar-refractivity contribution is 5.58. The van der Waals surface area contributed by atoms with E-state index in [1.54, 1.807) is 12.1 Å². The molecule has 0 atom stereocenters. The zero-order valence-electron chi connectivity index (χ0n) is 9.90. The Balaban J connectivity index is 2.28. The first-order chi connectivity index (χ1) is 8.04. The molecule has 1 heterocycles. The van der Waals surface area contributed by atoms with Crippen molar-refractivity contribution in [1.29, 1.82) is 0 Å². The molecule has 1 aromatic carbocycles. The summed E-state index contributed by atoms with van der Waals surface area (Å²) in [5.74, 6) is 1.48. The minimum absolute atomic E-state index is 0.284. The lowest BCUT2D eigenvalue weighted by Crippen LogP contribution is -1.99. The molecule has 0 spiro atoms. The molecule has 0 aliphatic carbocycles. The van der Waals surface area contributed by atoms with Crippen LogP contribution in [0, 0.1) is 13.8 Å². The lowest BCUT2D eigenvalue weighted by atomic mass is 10.1. The highest BCUT2D eigenvalue weighted by Gasteiger charge is 2.03. The molecule has 0 fully saturated rings. The summed E-state index contributed by atoms with van der Waals surface area (Å²) in [6.45, 7) is 4.04. The molecule has 0 amide bonds. The Bertz CT molecular complexity index is 532. The van der Waals surface area contributed by atoms with Crippen molar-refractivity contribution in [3.05, 3.63) is 41.5 Å². The van der Waals surface area contributed by atoms with Gasteiger partial charge in [-0.15, -0.1) is 0 Å². The van der Waals surface area contributed by atoms with Crippen molar-refractivity contribution in [2.45, 2.75) is 13.8 Å². The maximum atomic E-state index is 5.63. The molecule has 0 saturated carbocycles. The lowest BCUT2D eigenvalue weighted by Gasteiger charge is -2.08. The van der Waals surface area contributed by atoms with Gasteiger partial charge in [0.05, 0.1) is 5.69 Å². The van der Waals surface area contributed by atoms with Gasteiger partial charge in [0.2, 0.25) is 5.88 Å². The number of benzene rings is 1. The number of rotatable bonds is 2. The molecule has 0 unspecified atom stereocenters. The number of hydrogen-bond donors (Lipinski definition) is 2. The molecular formula is C13H15N3O. The van der Waals surface area contributed by atoms with E-state index in [4.69, 9.17) is 16.2 Å². The van der Waals surface area contributed by atoms with Crippen molar-refractivity contribution < 1.29 is 4.74 Å². The van der Waals surface area contributed by atoms with Gasteiger partial charge in [0.15, 0.2) is 5.82 Å². The van der Waals surface area contributed by atoms with Gasteiger partial charge in [-0.05, 0) is 43.2 Å². The topological polar surface area (TPSA) is 74.2 Å². The Labute approximate surface area is 100 Å². The number of aryl methyl sites for hydroxylation is 2. The van der Waals surface area contributed by atoms with Crippen LogP contribution in [0.25, 0.3) is 0 Å². The van der Waals surface area contributed by atoms with Crippen molar-refractivity contribution in [2.75, 3.05) is 11.5 Å². The summed E-state index contributed by atoms with van der Waals surface area (Å²) in [5.41, 5.74) is 13.9. The molecule has 17 heavy (non-hydrogen) atoms. The van der Waals surface area contributed by atoms with Crippen molar-refractivity contribution in [2.24, 2.45) is 0 Å². The van der Waals surface area contributed by atoms with E-state index in [0.29, 0.717) is 11.6 Å². The van der Waals surface area contributed by atoms with Gasteiger partial charge in [0, 0.05) is 6.07 Å². The third-order valence-electron chi connectivity index (χ3n) is 2.35. The van der Waals surface area contributed by atoms with Crippen LogP contribution in [0.15, 0.2) is 30.3 Å². The molecule has 0 bridgehead atoms. The summed E-state index contributed by atoms with van der Waals surface area (Å²) in [6.07, 6.45) is 0. The van der Waals surface area contributed by atoms with Gasteiger partial charge in [-0.1, -0.05) is 6.07 Å². The van der Waals surface area contributed by atoms with E-state index >= 15 is 0 Å². The molecule has 1 aromatic heterocycles. The predicted octanol–water partition coefficient (Wildman–Crippen LogP) is 2.66. The molecule has 0 aliphatic heterocycles. The van der Waals surface area contributed by atoms with E-state index in [2.05, 4.69) is 11.1 Å². The summed E-state index contributed by atoms with van der Waals surface area (Å²) in [4.78, 5) is 4.06. The molecule has 0 radical (unpaired) electrons. The Morgan fingerprint density at radius 1 is 1.00 bits per heavy atom. The van der Waals surface area contributed by atoms with Crippen LogP contribution in [-0.2, 0) is 0 Å². The number of nitrogen functional groups attached to an aromatic ring is 2. The second kappa shape index (κ2) is 4.33. The largest absolute Gasteiger partial charge is 0.439 e. The fourth-order valence-electron chi connectivity index (χ4n) is 1.64. The van der Waals surface area contributed by atoms with Crippen molar-refractivity contribution in [1.82, 2.24) is 4.98 Å². The maximum absolute atomic E-state index is 5.63. The van der Waals surface area contributed by atoms with Crippen LogP contribution >= 0.6 is 0 Å². The summed E-state index contributed by atoms with van der Waals surface area (Å²) < 4.78 is 5.63. The molecule has 4 nitrogen and oxygen atoms in total. The monoisotopic (exact) mass is 229 g/mol. The third-order valence-corrected chi connectivity index (χ3v) is 2.35. The first-order valence-corrected chi connectivity index (χ1v) is 5.33. The van der Waals surface area contributed by atoms with E-state index in [1.807, 2.05) is 26.0 Å². The van der Waals surface area contributed by atoms with Crippen LogP contribution in [0.5, 0.6) is 11.6 Å². The fourth-order valence-corrected chi connectivity index (χ4v) is 1.64. The van der Waals surface area contributed by atoms with Crippen molar-refractivity contribution >= 4 is 11.5 Å². The minimum atomic E-state index is 0.284. The predicted molar refractivity (Wildman–Crippen MR) is 69.1 cm³/mol. The molecule has 2 rings (SSSR count). The molecule has 2 aromatic rings. The summed E-state index contributed by atoms with van der Waals surface area (Å²) in [7, 11) is 0. The average Bonchev–Trinajstić information content (AvgIpc) is 2.22. The van der Waals surface area contributed by atoms with Crippen molar-refractivity contribution in [3.8, 4) is 11.6 Å². The average molecular weight is 229 g/mol. The highest BCUT2D eigenvalue weighted by Crippen LogP contribution is 2.24. The first kappa shape index (κ1) is 11.3. The molecule has 0 saturated heterocycles. The smallest absolute Gasteiger partial charge is 0.221 e. The van der Waals surface area contributed by atoms with E-state index in [-0.39, 0.29) is 5.82 Å². The number of ether oxygens (including phenoxy) is 1. The standard InChI is InChI=1S/C13H15N3O/c1-8-5-9(2)7-10(6-8)17-12-4-3-11(14)13(15)16-12/h3-7H,14H2,1-2H3,(H2,15,16). The minimum Gasteiger partial charge on any atom is -0.439 e. The number of anilines is 2. The van der Waals surface area contributed by atoms with Crippen molar-refractivity contribution in [3.63, 3.8) is 0 Å². The Morgan fingerprint density at radius 2 is 1.65 bits per heavy atom. The quantitative estimate of drug-likeness (QED) is 0.830. The van der Waals surface area contributed by atoms with Crippen LogP contribution in [0.1, 0.15) is 11.1 Å². The van der Waals surface area contributed by atoms with E-state index in [0.717, 1.165) is 16.9 Å². The SMILES string of the molecule is Cc1cc(C)cc(Oc2ccc(N)c(N)n2)c1. The van der Waals surface area contributed by atoms with Crippen LogP contribution in [0.4, 0.5) is 11.5 Å². The van der Waals surface area contributed by atoms with Gasteiger partial charge in [0.1, 0.15) is 5.75 Å². The van der Waals surface area contributed by atoms with Gasteiger partial charge in [-0.3, -0.25) is 0 Å². The van der Waals surface area contributed by atoms with Gasteiger partial charge >= 0.3 is 0 Å². The van der Waals surface area contributed by atoms with E-state index in [1.165, 1.54) is 0 Å². The lowest BCUT2D eigenvalue weighted by molar-refractivity contribution is 0.463. The summed E-state index contributed by atoms with van der Waals surface area (Å²) in [5, 5.41) is 0. The number of hydrogen-bond acceptors (Lipinski definition) is 4. The van der Waals surface area contributed by atoms with Gasteiger partial charge < -0.3 is 16.2 Å². The number of nitrogens with zero attached hydrogens (tertiary/aromatic N) is 1. The molecule has 4 N–H and O–H groups in total. The molecule has 88 valence electrons.